The molecule has 1 saturated carbocycles. The molecule has 0 amide bonds. The van der Waals surface area contributed by atoms with E-state index in [1.807, 2.05) is 0 Å². The fourth-order valence-corrected chi connectivity index (χ4v) is 3.38. The Balaban J connectivity index is 2.20. The maximum atomic E-state index is 11.2. The maximum Gasteiger partial charge on any atom is 0.337 e. The average molecular weight is 294 g/mol. The third kappa shape index (κ3) is 1.97. The first-order valence-corrected chi connectivity index (χ1v) is 7.05. The summed E-state index contributed by atoms with van der Waals surface area (Å²) in [6.45, 7) is 4.43. The highest BCUT2D eigenvalue weighted by Crippen LogP contribution is 2.48. The minimum absolute atomic E-state index is 0.147. The van der Waals surface area contributed by atoms with Crippen LogP contribution in [0.15, 0.2) is 12.3 Å². The first-order valence-electron chi connectivity index (χ1n) is 6.67. The van der Waals surface area contributed by atoms with Gasteiger partial charge in [-0.3, -0.25) is 4.40 Å². The summed E-state index contributed by atoms with van der Waals surface area (Å²) >= 11 is 6.11. The van der Waals surface area contributed by atoms with Crippen LogP contribution in [0.25, 0.3) is 5.65 Å². The Kier molecular flexibility index (Phi) is 2.97. The van der Waals surface area contributed by atoms with E-state index in [0.717, 1.165) is 25.1 Å². The number of aromatic carboxylic acids is 1. The number of hydrogen-bond acceptors (Lipinski definition) is 3. The summed E-state index contributed by atoms with van der Waals surface area (Å²) in [5.74, 6) is 0.0873. The number of halogens is 1. The number of carboxylic acid groups (broad SMARTS) is 1. The average Bonchev–Trinajstić information content (AvgIpc) is 2.91. The van der Waals surface area contributed by atoms with Crippen LogP contribution in [-0.4, -0.2) is 25.7 Å². The summed E-state index contributed by atoms with van der Waals surface area (Å²) in [6.07, 6.45) is 4.90. The number of nitrogens with zero attached hydrogens (tertiary/aromatic N) is 3. The Morgan fingerprint density at radius 3 is 2.85 bits per heavy atom. The van der Waals surface area contributed by atoms with E-state index in [-0.39, 0.29) is 16.9 Å². The summed E-state index contributed by atoms with van der Waals surface area (Å²) in [4.78, 5) is 11.2. The fraction of sp³-hybridized carbons (Fsp3) is 0.500. The number of carbonyl (C=O) groups is 1. The molecule has 3 rings (SSSR count). The Morgan fingerprint density at radius 1 is 1.50 bits per heavy atom. The van der Waals surface area contributed by atoms with Crippen molar-refractivity contribution in [2.45, 2.75) is 39.0 Å². The summed E-state index contributed by atoms with van der Waals surface area (Å²) in [6, 6.07) is 1.41. The van der Waals surface area contributed by atoms with Gasteiger partial charge in [-0.25, -0.2) is 4.79 Å². The van der Waals surface area contributed by atoms with Gasteiger partial charge in [-0.1, -0.05) is 31.9 Å². The second kappa shape index (κ2) is 4.45. The summed E-state index contributed by atoms with van der Waals surface area (Å²) in [5.41, 5.74) is 0.822. The molecule has 0 spiro atoms. The third-order valence-electron chi connectivity index (χ3n) is 4.30. The van der Waals surface area contributed by atoms with Crippen molar-refractivity contribution in [1.29, 1.82) is 0 Å². The van der Waals surface area contributed by atoms with Gasteiger partial charge in [-0.15, -0.1) is 10.2 Å². The fourth-order valence-electron chi connectivity index (χ4n) is 3.13. The van der Waals surface area contributed by atoms with Crippen molar-refractivity contribution in [3.63, 3.8) is 0 Å². The van der Waals surface area contributed by atoms with Crippen LogP contribution in [0.1, 0.15) is 55.2 Å². The van der Waals surface area contributed by atoms with Crippen LogP contribution >= 0.6 is 11.6 Å². The van der Waals surface area contributed by atoms with E-state index in [2.05, 4.69) is 24.0 Å². The van der Waals surface area contributed by atoms with Gasteiger partial charge in [-0.2, -0.15) is 0 Å². The highest BCUT2D eigenvalue weighted by atomic mass is 35.5. The molecule has 1 fully saturated rings. The van der Waals surface area contributed by atoms with Crippen LogP contribution in [-0.2, 0) is 0 Å². The zero-order valence-electron chi connectivity index (χ0n) is 11.4. The highest BCUT2D eigenvalue weighted by molar-refractivity contribution is 6.33. The lowest BCUT2D eigenvalue weighted by atomic mass is 9.81. The largest absolute Gasteiger partial charge is 0.478 e. The Bertz CT molecular complexity index is 693. The number of hydrogen-bond donors (Lipinski definition) is 1. The van der Waals surface area contributed by atoms with Crippen molar-refractivity contribution in [1.82, 2.24) is 14.6 Å². The van der Waals surface area contributed by atoms with Crippen LogP contribution in [0.4, 0.5) is 0 Å². The van der Waals surface area contributed by atoms with E-state index < -0.39 is 5.97 Å². The second-order valence-corrected chi connectivity index (χ2v) is 6.47. The lowest BCUT2D eigenvalue weighted by molar-refractivity contribution is 0.0696. The van der Waals surface area contributed by atoms with Crippen LogP contribution in [0.5, 0.6) is 0 Å². The van der Waals surface area contributed by atoms with Gasteiger partial charge in [0.05, 0.1) is 10.6 Å². The molecule has 106 valence electrons. The lowest BCUT2D eigenvalue weighted by Gasteiger charge is -2.25. The molecule has 2 aromatic rings. The number of aromatic nitrogens is 3. The van der Waals surface area contributed by atoms with Crippen molar-refractivity contribution >= 4 is 23.2 Å². The van der Waals surface area contributed by atoms with Gasteiger partial charge in [0, 0.05) is 12.1 Å². The number of fused-ring (bicyclic) bond motifs is 1. The molecule has 1 unspecified atom stereocenters. The van der Waals surface area contributed by atoms with Gasteiger partial charge >= 0.3 is 5.97 Å². The number of rotatable bonds is 2. The first-order chi connectivity index (χ1) is 9.40. The van der Waals surface area contributed by atoms with Gasteiger partial charge in [-0.05, 0) is 24.3 Å². The minimum atomic E-state index is -1.00. The van der Waals surface area contributed by atoms with Crippen molar-refractivity contribution in [3.8, 4) is 0 Å². The topological polar surface area (TPSA) is 67.5 Å². The van der Waals surface area contributed by atoms with Crippen molar-refractivity contribution in [2.24, 2.45) is 5.41 Å². The molecule has 0 radical (unpaired) electrons. The summed E-state index contributed by atoms with van der Waals surface area (Å²) in [5, 5.41) is 17.9. The molecule has 1 aliphatic rings. The van der Waals surface area contributed by atoms with Crippen molar-refractivity contribution in [2.75, 3.05) is 0 Å². The number of carboxylic acids is 1. The van der Waals surface area contributed by atoms with Crippen LogP contribution in [0.2, 0.25) is 5.02 Å². The van der Waals surface area contributed by atoms with E-state index in [1.165, 1.54) is 6.07 Å². The molecule has 20 heavy (non-hydrogen) atoms. The highest BCUT2D eigenvalue weighted by Gasteiger charge is 2.38. The third-order valence-corrected chi connectivity index (χ3v) is 4.58. The van der Waals surface area contributed by atoms with Crippen LogP contribution < -0.4 is 0 Å². The molecule has 2 aromatic heterocycles. The van der Waals surface area contributed by atoms with E-state index in [0.29, 0.717) is 10.7 Å². The normalized spacial score (nSPS) is 21.4. The molecular formula is C14H16ClN3O2. The summed E-state index contributed by atoms with van der Waals surface area (Å²) < 4.78 is 1.74. The van der Waals surface area contributed by atoms with Gasteiger partial charge in [0.2, 0.25) is 0 Å². The van der Waals surface area contributed by atoms with Crippen LogP contribution in [0, 0.1) is 5.41 Å². The van der Waals surface area contributed by atoms with E-state index >= 15 is 0 Å². The predicted octanol–water partition coefficient (Wildman–Crippen LogP) is 3.37. The SMILES string of the molecule is CC1(C)CCCC1c1nnc2c(Cl)cc(C(=O)O)cn12. The summed E-state index contributed by atoms with van der Waals surface area (Å²) in [7, 11) is 0. The Labute approximate surface area is 121 Å². The van der Waals surface area contributed by atoms with Crippen molar-refractivity contribution in [3.05, 3.63) is 28.7 Å². The minimum Gasteiger partial charge on any atom is -0.478 e. The molecule has 1 atom stereocenters. The smallest absolute Gasteiger partial charge is 0.337 e. The monoisotopic (exact) mass is 293 g/mol. The number of pyridine rings is 1. The Morgan fingerprint density at radius 2 is 2.25 bits per heavy atom. The predicted molar refractivity (Wildman–Crippen MR) is 75.3 cm³/mol. The van der Waals surface area contributed by atoms with Gasteiger partial charge in [0.15, 0.2) is 5.65 Å². The zero-order valence-corrected chi connectivity index (χ0v) is 12.2. The molecule has 0 bridgehead atoms. The lowest BCUT2D eigenvalue weighted by Crippen LogP contribution is -2.18. The Hall–Kier alpha value is -1.62. The molecule has 1 N–H and O–H groups in total. The standard InChI is InChI=1S/C14H16ClN3O2/c1-14(2)5-3-4-9(14)11-16-17-12-10(15)6-8(13(19)20)7-18(11)12/h6-7,9H,3-5H2,1-2H3,(H,19,20). The molecule has 0 saturated heterocycles. The molecule has 5 nitrogen and oxygen atoms in total. The molecule has 2 heterocycles. The first kappa shape index (κ1) is 13.4. The second-order valence-electron chi connectivity index (χ2n) is 6.07. The maximum absolute atomic E-state index is 11.2. The van der Waals surface area contributed by atoms with E-state index in [1.54, 1.807) is 10.6 Å². The molecule has 6 heteroatoms. The van der Waals surface area contributed by atoms with Gasteiger partial charge in [0.1, 0.15) is 5.82 Å². The van der Waals surface area contributed by atoms with E-state index in [9.17, 15) is 4.79 Å². The molecule has 1 aliphatic carbocycles. The van der Waals surface area contributed by atoms with Crippen LogP contribution in [0.3, 0.4) is 0 Å². The molecule has 0 aliphatic heterocycles. The van der Waals surface area contributed by atoms with Gasteiger partial charge in [0.25, 0.3) is 0 Å². The van der Waals surface area contributed by atoms with E-state index in [4.69, 9.17) is 16.7 Å². The van der Waals surface area contributed by atoms with Gasteiger partial charge < -0.3 is 5.11 Å². The van der Waals surface area contributed by atoms with Crippen molar-refractivity contribution < 1.29 is 9.90 Å². The molecule has 0 aromatic carbocycles. The molecular weight excluding hydrogens is 278 g/mol. The quantitative estimate of drug-likeness (QED) is 0.922. The zero-order chi connectivity index (χ0) is 14.5.